The second kappa shape index (κ2) is 8.35. The van der Waals surface area contributed by atoms with Crippen molar-refractivity contribution in [3.63, 3.8) is 0 Å². The average Bonchev–Trinajstić information content (AvgIpc) is 3.12. The number of carbonyl (C=O) groups is 2. The van der Waals surface area contributed by atoms with Crippen LogP contribution in [0.25, 0.3) is 17.0 Å². The highest BCUT2D eigenvalue weighted by Gasteiger charge is 2.23. The molecular formula is C24H15ClFNO3. The molecule has 4 rings (SSSR count). The molecule has 0 bridgehead atoms. The summed E-state index contributed by atoms with van der Waals surface area (Å²) in [7, 11) is 0. The summed E-state index contributed by atoms with van der Waals surface area (Å²) in [4.78, 5) is 25.5. The van der Waals surface area contributed by atoms with E-state index in [4.69, 9.17) is 16.0 Å². The molecule has 0 radical (unpaired) electrons. The van der Waals surface area contributed by atoms with Crippen LogP contribution in [0.3, 0.4) is 0 Å². The quantitative estimate of drug-likeness (QED) is 0.313. The second-order valence-electron chi connectivity index (χ2n) is 6.51. The number of amides is 1. The summed E-state index contributed by atoms with van der Waals surface area (Å²) < 4.78 is 18.9. The van der Waals surface area contributed by atoms with Gasteiger partial charge in [0.15, 0.2) is 5.76 Å². The highest BCUT2D eigenvalue weighted by Crippen LogP contribution is 2.32. The first-order valence-corrected chi connectivity index (χ1v) is 9.45. The Hall–Kier alpha value is -3.70. The first-order valence-electron chi connectivity index (χ1n) is 9.08. The largest absolute Gasteiger partial charge is 0.450 e. The third-order valence-electron chi connectivity index (χ3n) is 4.45. The van der Waals surface area contributed by atoms with Crippen LogP contribution in [0.2, 0.25) is 5.02 Å². The van der Waals surface area contributed by atoms with E-state index in [-0.39, 0.29) is 17.0 Å². The molecule has 6 heteroatoms. The lowest BCUT2D eigenvalue weighted by molar-refractivity contribution is -0.111. The molecule has 0 aliphatic carbocycles. The molecule has 4 aromatic rings. The van der Waals surface area contributed by atoms with Crippen LogP contribution in [0, 0.1) is 5.82 Å². The van der Waals surface area contributed by atoms with Crippen molar-refractivity contribution < 1.29 is 18.4 Å². The molecule has 0 unspecified atom stereocenters. The van der Waals surface area contributed by atoms with Gasteiger partial charge in [-0.3, -0.25) is 9.59 Å². The van der Waals surface area contributed by atoms with E-state index >= 15 is 0 Å². The number of hydrogen-bond donors (Lipinski definition) is 1. The second-order valence-corrected chi connectivity index (χ2v) is 6.95. The van der Waals surface area contributed by atoms with Crippen molar-refractivity contribution in [2.45, 2.75) is 0 Å². The molecule has 1 aromatic heterocycles. The maximum Gasteiger partial charge on any atom is 0.248 e. The van der Waals surface area contributed by atoms with Gasteiger partial charge in [-0.2, -0.15) is 0 Å². The number of halogens is 2. The highest BCUT2D eigenvalue weighted by atomic mass is 35.5. The molecule has 3 aromatic carbocycles. The lowest BCUT2D eigenvalue weighted by Gasteiger charge is -2.04. The zero-order chi connectivity index (χ0) is 21.1. The van der Waals surface area contributed by atoms with Gasteiger partial charge in [-0.05, 0) is 60.2 Å². The number of anilines is 1. The lowest BCUT2D eigenvalue weighted by Crippen LogP contribution is -2.11. The van der Waals surface area contributed by atoms with Crippen LogP contribution in [0.1, 0.15) is 21.7 Å². The summed E-state index contributed by atoms with van der Waals surface area (Å²) in [5.74, 6) is -1.35. The van der Waals surface area contributed by atoms with Gasteiger partial charge in [0, 0.05) is 22.0 Å². The molecule has 0 aliphatic heterocycles. The third-order valence-corrected chi connectivity index (χ3v) is 4.71. The maximum absolute atomic E-state index is 13.2. The summed E-state index contributed by atoms with van der Waals surface area (Å²) in [5.41, 5.74) is 1.78. The number of benzene rings is 3. The Morgan fingerprint density at radius 2 is 1.63 bits per heavy atom. The fraction of sp³-hybridized carbons (Fsp3) is 0. The van der Waals surface area contributed by atoms with Gasteiger partial charge in [0.1, 0.15) is 11.4 Å². The summed E-state index contributed by atoms with van der Waals surface area (Å²) in [6.07, 6.45) is 2.99. The van der Waals surface area contributed by atoms with Crippen molar-refractivity contribution in [3.05, 3.63) is 107 Å². The van der Waals surface area contributed by atoms with Crippen molar-refractivity contribution >= 4 is 46.0 Å². The van der Waals surface area contributed by atoms with Gasteiger partial charge in [0.05, 0.1) is 5.69 Å². The normalized spacial score (nSPS) is 11.1. The fourth-order valence-corrected chi connectivity index (χ4v) is 3.10. The van der Waals surface area contributed by atoms with Crippen LogP contribution in [0.4, 0.5) is 10.1 Å². The number of carbonyl (C=O) groups excluding carboxylic acids is 2. The first-order chi connectivity index (χ1) is 14.5. The predicted molar refractivity (Wildman–Crippen MR) is 115 cm³/mol. The molecule has 0 spiro atoms. The van der Waals surface area contributed by atoms with Crippen LogP contribution in [-0.2, 0) is 4.79 Å². The molecule has 0 aliphatic rings. The van der Waals surface area contributed by atoms with E-state index in [0.717, 1.165) is 5.56 Å². The standard InChI is InChI=1S/C24H15ClFNO3/c25-17-10-5-15(6-11-17)7-14-21(28)27-22-19-3-1-2-4-20(19)30-24(22)23(29)16-8-12-18(26)13-9-16/h1-14H,(H,27,28)/b14-7+. The smallest absolute Gasteiger partial charge is 0.248 e. The van der Waals surface area contributed by atoms with Crippen molar-refractivity contribution in [1.82, 2.24) is 0 Å². The zero-order valence-corrected chi connectivity index (χ0v) is 16.3. The van der Waals surface area contributed by atoms with Gasteiger partial charge in [-0.1, -0.05) is 35.9 Å². The van der Waals surface area contributed by atoms with Crippen LogP contribution in [-0.4, -0.2) is 11.7 Å². The van der Waals surface area contributed by atoms with E-state index in [2.05, 4.69) is 5.32 Å². The van der Waals surface area contributed by atoms with E-state index in [1.807, 2.05) is 0 Å². The van der Waals surface area contributed by atoms with E-state index in [1.54, 1.807) is 54.6 Å². The molecule has 30 heavy (non-hydrogen) atoms. The number of ketones is 1. The third kappa shape index (κ3) is 4.16. The Labute approximate surface area is 176 Å². The van der Waals surface area contributed by atoms with Gasteiger partial charge in [0.2, 0.25) is 11.7 Å². The number of nitrogens with one attached hydrogen (secondary N) is 1. The molecule has 0 saturated carbocycles. The summed E-state index contributed by atoms with van der Waals surface area (Å²) in [5, 5.41) is 3.93. The minimum atomic E-state index is -0.455. The molecule has 148 valence electrons. The van der Waals surface area contributed by atoms with E-state index in [0.29, 0.717) is 16.0 Å². The van der Waals surface area contributed by atoms with Crippen molar-refractivity contribution in [3.8, 4) is 0 Å². The van der Waals surface area contributed by atoms with Crippen LogP contribution < -0.4 is 5.32 Å². The Morgan fingerprint density at radius 3 is 2.37 bits per heavy atom. The Kier molecular flexibility index (Phi) is 5.46. The van der Waals surface area contributed by atoms with Crippen molar-refractivity contribution in [2.75, 3.05) is 5.32 Å². The molecule has 1 N–H and O–H groups in total. The summed E-state index contributed by atoms with van der Waals surface area (Å²) in [6.45, 7) is 0. The van der Waals surface area contributed by atoms with Crippen molar-refractivity contribution in [2.24, 2.45) is 0 Å². The number of hydrogen-bond acceptors (Lipinski definition) is 3. The van der Waals surface area contributed by atoms with Gasteiger partial charge in [0.25, 0.3) is 0 Å². The van der Waals surface area contributed by atoms with Gasteiger partial charge >= 0.3 is 0 Å². The zero-order valence-electron chi connectivity index (χ0n) is 15.6. The number of furan rings is 1. The van der Waals surface area contributed by atoms with E-state index < -0.39 is 17.5 Å². The summed E-state index contributed by atoms with van der Waals surface area (Å²) >= 11 is 5.86. The molecule has 0 atom stereocenters. The minimum Gasteiger partial charge on any atom is -0.450 e. The Balaban J connectivity index is 1.66. The Morgan fingerprint density at radius 1 is 0.933 bits per heavy atom. The molecule has 4 nitrogen and oxygen atoms in total. The molecular weight excluding hydrogens is 405 g/mol. The monoisotopic (exact) mass is 419 g/mol. The number of rotatable bonds is 5. The average molecular weight is 420 g/mol. The lowest BCUT2D eigenvalue weighted by atomic mass is 10.1. The summed E-state index contributed by atoms with van der Waals surface area (Å²) in [6, 6.07) is 19.2. The van der Waals surface area contributed by atoms with E-state index in [1.165, 1.54) is 30.3 Å². The topological polar surface area (TPSA) is 59.3 Å². The predicted octanol–water partition coefficient (Wildman–Crippen LogP) is 6.11. The Bertz CT molecular complexity index is 1260. The SMILES string of the molecule is O=C(/C=C/c1ccc(Cl)cc1)Nc1c(C(=O)c2ccc(F)cc2)oc2ccccc12. The highest BCUT2D eigenvalue weighted by molar-refractivity contribution is 6.30. The molecule has 0 saturated heterocycles. The molecule has 0 fully saturated rings. The van der Waals surface area contributed by atoms with Crippen LogP contribution in [0.5, 0.6) is 0 Å². The van der Waals surface area contributed by atoms with E-state index in [9.17, 15) is 14.0 Å². The van der Waals surface area contributed by atoms with Crippen molar-refractivity contribution in [1.29, 1.82) is 0 Å². The van der Waals surface area contributed by atoms with Gasteiger partial charge < -0.3 is 9.73 Å². The minimum absolute atomic E-state index is 0.0175. The number of para-hydroxylation sites is 1. The molecule has 1 amide bonds. The fourth-order valence-electron chi connectivity index (χ4n) is 2.97. The molecule has 1 heterocycles. The van der Waals surface area contributed by atoms with Gasteiger partial charge in [-0.25, -0.2) is 4.39 Å². The number of fused-ring (bicyclic) bond motifs is 1. The maximum atomic E-state index is 13.2. The van der Waals surface area contributed by atoms with Crippen LogP contribution >= 0.6 is 11.6 Å². The van der Waals surface area contributed by atoms with Crippen LogP contribution in [0.15, 0.2) is 83.3 Å². The van der Waals surface area contributed by atoms with Gasteiger partial charge in [-0.15, -0.1) is 0 Å². The first kappa shape index (κ1) is 19.6.